The molecule has 0 atom stereocenters. The molecule has 1 rings (SSSR count). The van der Waals surface area contributed by atoms with Crippen LogP contribution in [0.5, 0.6) is 0 Å². The van der Waals surface area contributed by atoms with Crippen LogP contribution in [0.25, 0.3) is 0 Å². The van der Waals surface area contributed by atoms with Crippen molar-refractivity contribution in [3.63, 3.8) is 0 Å². The second-order valence-corrected chi connectivity index (χ2v) is 2.00. The lowest BCUT2D eigenvalue weighted by atomic mass is 10.2. The normalized spacial score (nSPS) is 7.60. The molecule has 0 spiro atoms. The maximum Gasteiger partial charge on any atom is 0.101 e. The van der Waals surface area contributed by atoms with Crippen LogP contribution in [0.15, 0.2) is 24.3 Å². The Hall–Kier alpha value is -1.07. The summed E-state index contributed by atoms with van der Waals surface area (Å²) < 4.78 is 0. The van der Waals surface area contributed by atoms with Gasteiger partial charge in [0.1, 0.15) is 6.07 Å². The van der Waals surface area contributed by atoms with Gasteiger partial charge in [-0.1, -0.05) is 23.7 Å². The van der Waals surface area contributed by atoms with Crippen LogP contribution in [0.3, 0.4) is 0 Å². The number of rotatable bonds is 0. The molecule has 0 aliphatic carbocycles. The van der Waals surface area contributed by atoms with Gasteiger partial charge in [-0.3, -0.25) is 4.70 Å². The van der Waals surface area contributed by atoms with E-state index in [2.05, 4.69) is 0 Å². The van der Waals surface area contributed by atoms with Gasteiger partial charge in [-0.25, -0.2) is 0 Å². The highest BCUT2D eigenvalue weighted by Gasteiger charge is 1.92. The van der Waals surface area contributed by atoms with Gasteiger partial charge < -0.3 is 0 Å². The molecule has 0 N–H and O–H groups in total. The molecule has 10 heavy (non-hydrogen) atoms. The van der Waals surface area contributed by atoms with Gasteiger partial charge in [0.2, 0.25) is 0 Å². The third kappa shape index (κ3) is 1.71. The molecule has 1 aromatic rings. The van der Waals surface area contributed by atoms with Crippen molar-refractivity contribution in [1.29, 1.82) is 5.26 Å². The summed E-state index contributed by atoms with van der Waals surface area (Å²) in [4.78, 5) is 0. The largest absolute Gasteiger partial charge is 0.269 e. The summed E-state index contributed by atoms with van der Waals surface area (Å²) in [5.41, 5.74) is 0.527. The Labute approximate surface area is 63.2 Å². The Morgan fingerprint density at radius 3 is 2.30 bits per heavy atom. The maximum atomic E-state index is 8.38. The first-order chi connectivity index (χ1) is 4.34. The van der Waals surface area contributed by atoms with Gasteiger partial charge in [-0.15, -0.1) is 0 Å². The lowest BCUT2D eigenvalue weighted by Crippen LogP contribution is -1.71. The van der Waals surface area contributed by atoms with E-state index in [0.29, 0.717) is 10.6 Å². The lowest BCUT2D eigenvalue weighted by Gasteiger charge is -1.88. The Morgan fingerprint density at radius 1 is 1.30 bits per heavy atom. The molecule has 3 heteroatoms. The number of hydrogen-bond donors (Lipinski definition) is 0. The minimum absolute atomic E-state index is 0. The summed E-state index contributed by atoms with van der Waals surface area (Å²) in [6.07, 6.45) is 0. The molecule has 0 heterocycles. The zero-order valence-corrected chi connectivity index (χ0v) is 5.80. The highest BCUT2D eigenvalue weighted by Crippen LogP contribution is 2.12. The predicted octanol–water partition coefficient (Wildman–Crippen LogP) is 2.36. The van der Waals surface area contributed by atoms with Gasteiger partial charge in [-0.2, -0.15) is 5.26 Å². The van der Waals surface area contributed by atoms with Crippen LogP contribution in [-0.4, -0.2) is 0 Å². The van der Waals surface area contributed by atoms with Crippen LogP contribution >= 0.6 is 11.6 Å². The molecule has 0 saturated carbocycles. The van der Waals surface area contributed by atoms with Gasteiger partial charge in [0.05, 0.1) is 10.6 Å². The minimum Gasteiger partial charge on any atom is -0.269 e. The van der Waals surface area contributed by atoms with Crippen LogP contribution in [0.1, 0.15) is 5.56 Å². The molecule has 0 amide bonds. The van der Waals surface area contributed by atoms with E-state index in [1.807, 2.05) is 6.07 Å². The standard InChI is InChI=1S/C7H4ClN.FH/c8-7-4-2-1-3-6(7)5-9;/h1-4H;1H. The van der Waals surface area contributed by atoms with E-state index in [-0.39, 0.29) is 4.70 Å². The highest BCUT2D eigenvalue weighted by molar-refractivity contribution is 6.31. The second-order valence-electron chi connectivity index (χ2n) is 1.59. The van der Waals surface area contributed by atoms with Gasteiger partial charge in [0.15, 0.2) is 0 Å². The fraction of sp³-hybridized carbons (Fsp3) is 0. The summed E-state index contributed by atoms with van der Waals surface area (Å²) in [5, 5.41) is 8.90. The highest BCUT2D eigenvalue weighted by atomic mass is 35.5. The van der Waals surface area contributed by atoms with E-state index in [4.69, 9.17) is 16.9 Å². The van der Waals surface area contributed by atoms with Gasteiger partial charge >= 0.3 is 0 Å². The number of halogens is 2. The number of hydrogen-bond acceptors (Lipinski definition) is 1. The molecule has 1 aromatic carbocycles. The maximum absolute atomic E-state index is 8.38. The lowest BCUT2D eigenvalue weighted by molar-refractivity contribution is 1.11. The van der Waals surface area contributed by atoms with Gasteiger partial charge in [0, 0.05) is 0 Å². The zero-order chi connectivity index (χ0) is 6.69. The molecule has 0 aromatic heterocycles. The number of benzene rings is 1. The van der Waals surface area contributed by atoms with E-state index in [9.17, 15) is 0 Å². The Morgan fingerprint density at radius 2 is 1.90 bits per heavy atom. The van der Waals surface area contributed by atoms with E-state index in [1.54, 1.807) is 24.3 Å². The first-order valence-corrected chi connectivity index (χ1v) is 2.87. The van der Waals surface area contributed by atoms with Crippen LogP contribution < -0.4 is 0 Å². The first kappa shape index (κ1) is 8.93. The molecule has 1 nitrogen and oxygen atoms in total. The second kappa shape index (κ2) is 3.86. The first-order valence-electron chi connectivity index (χ1n) is 2.49. The summed E-state index contributed by atoms with van der Waals surface area (Å²) >= 11 is 5.60. The SMILES string of the molecule is F.N#Cc1ccccc1Cl. The fourth-order valence-corrected chi connectivity index (χ4v) is 0.730. The van der Waals surface area contributed by atoms with Crippen molar-refractivity contribution < 1.29 is 4.70 Å². The summed E-state index contributed by atoms with van der Waals surface area (Å²) in [6, 6.07) is 8.92. The van der Waals surface area contributed by atoms with Crippen molar-refractivity contribution in [2.45, 2.75) is 0 Å². The smallest absolute Gasteiger partial charge is 0.101 e. The van der Waals surface area contributed by atoms with Crippen molar-refractivity contribution in [3.05, 3.63) is 34.9 Å². The van der Waals surface area contributed by atoms with Crippen LogP contribution in [-0.2, 0) is 0 Å². The van der Waals surface area contributed by atoms with Gasteiger partial charge in [0.25, 0.3) is 0 Å². The third-order valence-corrected chi connectivity index (χ3v) is 1.32. The number of nitrogens with zero attached hydrogens (tertiary/aromatic N) is 1. The molecule has 0 aliphatic rings. The Balaban J connectivity index is 0.000000810. The molecular formula is C7H5ClFN. The third-order valence-electron chi connectivity index (χ3n) is 0.994. The van der Waals surface area contributed by atoms with E-state index < -0.39 is 0 Å². The number of nitriles is 1. The van der Waals surface area contributed by atoms with E-state index in [0.717, 1.165) is 0 Å². The van der Waals surface area contributed by atoms with E-state index in [1.165, 1.54) is 0 Å². The Kier molecular flexibility index (Phi) is 3.45. The molecule has 0 saturated heterocycles. The van der Waals surface area contributed by atoms with E-state index >= 15 is 0 Å². The molecule has 52 valence electrons. The molecule has 0 radical (unpaired) electrons. The molecule has 0 fully saturated rings. The molecule has 0 aliphatic heterocycles. The summed E-state index contributed by atoms with van der Waals surface area (Å²) in [5.74, 6) is 0. The Bertz CT molecular complexity index is 254. The average Bonchev–Trinajstić information content (AvgIpc) is 1.89. The van der Waals surface area contributed by atoms with Crippen molar-refractivity contribution >= 4 is 11.6 Å². The van der Waals surface area contributed by atoms with Gasteiger partial charge in [-0.05, 0) is 12.1 Å². The molecule has 0 unspecified atom stereocenters. The average molecular weight is 158 g/mol. The van der Waals surface area contributed by atoms with Crippen molar-refractivity contribution in [1.82, 2.24) is 0 Å². The van der Waals surface area contributed by atoms with Crippen molar-refractivity contribution in [2.75, 3.05) is 0 Å². The van der Waals surface area contributed by atoms with Crippen molar-refractivity contribution in [3.8, 4) is 6.07 Å². The summed E-state index contributed by atoms with van der Waals surface area (Å²) in [7, 11) is 0. The van der Waals surface area contributed by atoms with Crippen LogP contribution in [0, 0.1) is 11.3 Å². The zero-order valence-electron chi connectivity index (χ0n) is 5.04. The van der Waals surface area contributed by atoms with Crippen molar-refractivity contribution in [2.24, 2.45) is 0 Å². The monoisotopic (exact) mass is 157 g/mol. The van der Waals surface area contributed by atoms with Crippen LogP contribution in [0.4, 0.5) is 4.70 Å². The minimum atomic E-state index is 0. The molecule has 0 bridgehead atoms. The molecular weight excluding hydrogens is 153 g/mol. The fourth-order valence-electron chi connectivity index (χ4n) is 0.552. The quantitative estimate of drug-likeness (QED) is 0.567. The predicted molar refractivity (Wildman–Crippen MR) is 38.7 cm³/mol. The van der Waals surface area contributed by atoms with Crippen LogP contribution in [0.2, 0.25) is 5.02 Å². The topological polar surface area (TPSA) is 23.8 Å². The summed E-state index contributed by atoms with van der Waals surface area (Å²) in [6.45, 7) is 0.